The zero-order chi connectivity index (χ0) is 13.4. The molecule has 2 aromatic rings. The molecule has 19 heavy (non-hydrogen) atoms. The molecule has 0 bridgehead atoms. The van der Waals surface area contributed by atoms with Crippen LogP contribution in [0, 0.1) is 0 Å². The Morgan fingerprint density at radius 1 is 0.632 bits per heavy atom. The maximum Gasteiger partial charge on any atom is 0.491 e. The van der Waals surface area contributed by atoms with Gasteiger partial charge in [-0.1, -0.05) is 0 Å². The van der Waals surface area contributed by atoms with Crippen molar-refractivity contribution < 1.29 is 25.6 Å². The summed E-state index contributed by atoms with van der Waals surface area (Å²) >= 11 is 0. The number of hydrogen-bond acceptors (Lipinski definition) is 8. The van der Waals surface area contributed by atoms with Gasteiger partial charge in [-0.05, 0) is 0 Å². The van der Waals surface area contributed by atoms with Crippen LogP contribution in [0.25, 0.3) is 0 Å². The van der Waals surface area contributed by atoms with Gasteiger partial charge >= 0.3 is 14.2 Å². The van der Waals surface area contributed by atoms with E-state index in [9.17, 15) is 0 Å². The lowest BCUT2D eigenvalue weighted by Gasteiger charge is -1.92. The lowest BCUT2D eigenvalue weighted by Crippen LogP contribution is -2.30. The predicted molar refractivity (Wildman–Crippen MR) is 67.3 cm³/mol. The Kier molecular flexibility index (Phi) is 8.16. The van der Waals surface area contributed by atoms with Crippen LogP contribution in [0.4, 0.5) is 0 Å². The lowest BCUT2D eigenvalue weighted by atomic mass is 9.83. The van der Waals surface area contributed by atoms with Gasteiger partial charge in [0.2, 0.25) is 0 Å². The molecule has 0 aliphatic rings. The van der Waals surface area contributed by atoms with Crippen LogP contribution in [-0.4, -0.2) is 59.7 Å². The maximum atomic E-state index is 8.50. The SMILES string of the molecule is O.OB(O)c1cncnc1.OB(O)c1cncnc1. The van der Waals surface area contributed by atoms with E-state index >= 15 is 0 Å². The fraction of sp³-hybridized carbons (Fsp3) is 0. The van der Waals surface area contributed by atoms with Crippen LogP contribution in [0.2, 0.25) is 0 Å². The summed E-state index contributed by atoms with van der Waals surface area (Å²) in [5.74, 6) is 0. The summed E-state index contributed by atoms with van der Waals surface area (Å²) in [6.07, 6.45) is 8.03. The molecule has 0 fully saturated rings. The molecule has 0 unspecified atom stereocenters. The molecule has 2 heterocycles. The van der Waals surface area contributed by atoms with E-state index in [0.717, 1.165) is 0 Å². The molecule has 9 nitrogen and oxygen atoms in total. The first kappa shape index (κ1) is 17.1. The largest absolute Gasteiger partial charge is 0.491 e. The van der Waals surface area contributed by atoms with Crippen molar-refractivity contribution in [2.24, 2.45) is 0 Å². The molecule has 6 N–H and O–H groups in total. The van der Waals surface area contributed by atoms with Crippen molar-refractivity contribution in [2.75, 3.05) is 0 Å². The van der Waals surface area contributed by atoms with Crippen LogP contribution in [0.3, 0.4) is 0 Å². The highest BCUT2D eigenvalue weighted by molar-refractivity contribution is 6.58. The van der Waals surface area contributed by atoms with Gasteiger partial charge in [0, 0.05) is 35.7 Å². The van der Waals surface area contributed by atoms with Gasteiger partial charge in [0.15, 0.2) is 0 Å². The van der Waals surface area contributed by atoms with Crippen LogP contribution in [0.15, 0.2) is 37.4 Å². The zero-order valence-corrected chi connectivity index (χ0v) is 9.70. The second-order valence-electron chi connectivity index (χ2n) is 3.09. The Balaban J connectivity index is 0.000000324. The van der Waals surface area contributed by atoms with E-state index in [1.165, 1.54) is 37.4 Å². The van der Waals surface area contributed by atoms with Crippen molar-refractivity contribution in [1.29, 1.82) is 0 Å². The normalized spacial score (nSPS) is 8.63. The molecule has 0 saturated heterocycles. The van der Waals surface area contributed by atoms with Crippen molar-refractivity contribution in [3.05, 3.63) is 37.4 Å². The minimum Gasteiger partial charge on any atom is -0.423 e. The van der Waals surface area contributed by atoms with Crippen molar-refractivity contribution in [3.63, 3.8) is 0 Å². The molecular formula is C8H12B2N4O5. The molecule has 100 valence electrons. The summed E-state index contributed by atoms with van der Waals surface area (Å²) in [6, 6.07) is 0. The summed E-state index contributed by atoms with van der Waals surface area (Å²) in [6.45, 7) is 0. The summed E-state index contributed by atoms with van der Waals surface area (Å²) in [5, 5.41) is 34.0. The number of rotatable bonds is 2. The van der Waals surface area contributed by atoms with E-state index in [4.69, 9.17) is 20.1 Å². The molecule has 0 atom stereocenters. The van der Waals surface area contributed by atoms with Crippen LogP contribution in [0.1, 0.15) is 0 Å². The van der Waals surface area contributed by atoms with Gasteiger partial charge in [-0.15, -0.1) is 0 Å². The highest BCUT2D eigenvalue weighted by Gasteiger charge is 2.09. The number of nitrogens with zero attached hydrogens (tertiary/aromatic N) is 4. The Hall–Kier alpha value is -1.91. The second-order valence-corrected chi connectivity index (χ2v) is 3.09. The van der Waals surface area contributed by atoms with Gasteiger partial charge < -0.3 is 25.6 Å². The Morgan fingerprint density at radius 3 is 1.05 bits per heavy atom. The Labute approximate surface area is 109 Å². The van der Waals surface area contributed by atoms with Crippen molar-refractivity contribution >= 4 is 25.2 Å². The fourth-order valence-electron chi connectivity index (χ4n) is 0.888. The van der Waals surface area contributed by atoms with Crippen molar-refractivity contribution in [2.45, 2.75) is 0 Å². The third-order valence-electron chi connectivity index (χ3n) is 1.76. The Morgan fingerprint density at radius 2 is 0.895 bits per heavy atom. The third-order valence-corrected chi connectivity index (χ3v) is 1.76. The molecule has 0 aliphatic carbocycles. The average Bonchev–Trinajstić information content (AvgIpc) is 2.41. The predicted octanol–water partition coefficient (Wildman–Crippen LogP) is -4.51. The molecule has 11 heteroatoms. The van der Waals surface area contributed by atoms with E-state index in [0.29, 0.717) is 10.9 Å². The highest BCUT2D eigenvalue weighted by atomic mass is 16.4. The van der Waals surface area contributed by atoms with Gasteiger partial charge in [-0.2, -0.15) is 0 Å². The third kappa shape index (κ3) is 6.55. The van der Waals surface area contributed by atoms with Crippen LogP contribution in [-0.2, 0) is 0 Å². The van der Waals surface area contributed by atoms with E-state index in [1.54, 1.807) is 0 Å². The van der Waals surface area contributed by atoms with E-state index < -0.39 is 14.2 Å². The summed E-state index contributed by atoms with van der Waals surface area (Å²) in [7, 11) is -2.93. The minimum absolute atomic E-state index is 0. The van der Waals surface area contributed by atoms with Crippen LogP contribution in [0.5, 0.6) is 0 Å². The monoisotopic (exact) mass is 266 g/mol. The standard InChI is InChI=1S/2C4H5BN2O2.H2O/c2*8-5(9)4-1-6-3-7-2-4;/h2*1-3,8-9H;1H2. The van der Waals surface area contributed by atoms with Gasteiger partial charge in [0.1, 0.15) is 12.7 Å². The fourth-order valence-corrected chi connectivity index (χ4v) is 0.888. The average molecular weight is 266 g/mol. The molecular weight excluding hydrogens is 254 g/mol. The maximum absolute atomic E-state index is 8.50. The molecule has 0 aromatic carbocycles. The van der Waals surface area contributed by atoms with Gasteiger partial charge in [0.25, 0.3) is 0 Å². The second kappa shape index (κ2) is 9.08. The molecule has 0 radical (unpaired) electrons. The van der Waals surface area contributed by atoms with E-state index in [-0.39, 0.29) is 5.48 Å². The number of aromatic nitrogens is 4. The molecule has 0 aliphatic heterocycles. The Bertz CT molecular complexity index is 404. The van der Waals surface area contributed by atoms with Crippen molar-refractivity contribution in [1.82, 2.24) is 19.9 Å². The molecule has 2 aromatic heterocycles. The molecule has 0 amide bonds. The summed E-state index contributed by atoms with van der Waals surface area (Å²) < 4.78 is 0. The zero-order valence-electron chi connectivity index (χ0n) is 9.70. The summed E-state index contributed by atoms with van der Waals surface area (Å²) in [4.78, 5) is 14.3. The van der Waals surface area contributed by atoms with Crippen LogP contribution < -0.4 is 10.9 Å². The first-order valence-corrected chi connectivity index (χ1v) is 4.83. The first-order valence-electron chi connectivity index (χ1n) is 4.83. The summed E-state index contributed by atoms with van der Waals surface area (Å²) in [5.41, 5.74) is 0.606. The van der Waals surface area contributed by atoms with Gasteiger partial charge in [-0.3, -0.25) is 0 Å². The topological polar surface area (TPSA) is 164 Å². The molecule has 0 spiro atoms. The minimum atomic E-state index is -1.47. The number of hydrogen-bond donors (Lipinski definition) is 4. The van der Waals surface area contributed by atoms with Gasteiger partial charge in [-0.25, -0.2) is 19.9 Å². The van der Waals surface area contributed by atoms with E-state index in [2.05, 4.69) is 19.9 Å². The van der Waals surface area contributed by atoms with Crippen molar-refractivity contribution in [3.8, 4) is 0 Å². The quantitative estimate of drug-likeness (QED) is 0.395. The molecule has 0 saturated carbocycles. The first-order chi connectivity index (χ1) is 8.61. The van der Waals surface area contributed by atoms with Crippen LogP contribution >= 0.6 is 0 Å². The smallest absolute Gasteiger partial charge is 0.423 e. The van der Waals surface area contributed by atoms with Gasteiger partial charge in [0.05, 0.1) is 0 Å². The molecule has 2 rings (SSSR count). The van der Waals surface area contributed by atoms with E-state index in [1.807, 2.05) is 0 Å². The lowest BCUT2D eigenvalue weighted by molar-refractivity contribution is 0.424. The highest BCUT2D eigenvalue weighted by Crippen LogP contribution is 1.73.